The minimum Gasteiger partial charge on any atom is -0.450 e. The van der Waals surface area contributed by atoms with Crippen LogP contribution in [0.5, 0.6) is 0 Å². The second kappa shape index (κ2) is 12.5. The number of carbonyl (C=O) groups is 1. The molecule has 0 N–H and O–H groups in total. The summed E-state index contributed by atoms with van der Waals surface area (Å²) in [5, 5.41) is 5.44. The maximum absolute atomic E-state index is 13.3. The number of rotatable bonds is 8. The van der Waals surface area contributed by atoms with Crippen LogP contribution in [-0.4, -0.2) is 42.0 Å². The van der Waals surface area contributed by atoms with E-state index < -0.39 is 15.8 Å². The first-order valence-corrected chi connectivity index (χ1v) is 15.9. The maximum Gasteiger partial charge on any atom is 0.410 e. The standard InChI is InChI=1S/C32H33NO2P2/c1-2-35-32(34)33-24-31(37(29-19-11-5-12-20-29)30-21-13-6-14-22-30)23-26(33)25-36(27-15-7-3-8-16-27)28-17-9-4-10-18-28/h3-22,26,31H,2,23-25H2,1H3. The third-order valence-corrected chi connectivity index (χ3v) is 12.3. The molecule has 0 aromatic heterocycles. The van der Waals surface area contributed by atoms with E-state index in [-0.39, 0.29) is 12.1 Å². The van der Waals surface area contributed by atoms with Crippen LogP contribution >= 0.6 is 15.8 Å². The molecule has 0 radical (unpaired) electrons. The van der Waals surface area contributed by atoms with Crippen LogP contribution in [0.4, 0.5) is 4.79 Å². The third-order valence-electron chi connectivity index (χ3n) is 6.86. The zero-order valence-corrected chi connectivity index (χ0v) is 23.0. The lowest BCUT2D eigenvalue weighted by atomic mass is 10.2. The highest BCUT2D eigenvalue weighted by atomic mass is 31.1. The summed E-state index contributed by atoms with van der Waals surface area (Å²) in [6.45, 7) is 3.01. The van der Waals surface area contributed by atoms with E-state index >= 15 is 0 Å². The highest BCUT2D eigenvalue weighted by molar-refractivity contribution is 7.74. The van der Waals surface area contributed by atoms with Gasteiger partial charge in [-0.05, 0) is 56.6 Å². The van der Waals surface area contributed by atoms with Crippen molar-refractivity contribution in [3.8, 4) is 0 Å². The van der Waals surface area contributed by atoms with E-state index in [0.29, 0.717) is 12.3 Å². The topological polar surface area (TPSA) is 29.5 Å². The van der Waals surface area contributed by atoms with Gasteiger partial charge in [-0.2, -0.15) is 0 Å². The molecule has 1 saturated heterocycles. The quantitative estimate of drug-likeness (QED) is 0.270. The molecule has 5 heteroatoms. The van der Waals surface area contributed by atoms with Gasteiger partial charge in [-0.3, -0.25) is 0 Å². The van der Waals surface area contributed by atoms with E-state index in [1.54, 1.807) is 0 Å². The zero-order chi connectivity index (χ0) is 25.5. The molecular formula is C32H33NO2P2. The third kappa shape index (κ3) is 6.12. The summed E-state index contributed by atoms with van der Waals surface area (Å²) >= 11 is 0. The SMILES string of the molecule is CCOC(=O)N1CC(P(c2ccccc2)c2ccccc2)CC1CP(c1ccccc1)c1ccccc1. The average molecular weight is 526 g/mol. The monoisotopic (exact) mass is 525 g/mol. The Balaban J connectivity index is 1.50. The number of benzene rings is 4. The van der Waals surface area contributed by atoms with Crippen molar-refractivity contribution in [1.82, 2.24) is 4.90 Å². The maximum atomic E-state index is 13.3. The molecule has 4 aromatic carbocycles. The van der Waals surface area contributed by atoms with Crippen LogP contribution in [-0.2, 0) is 4.74 Å². The molecule has 5 rings (SSSR count). The molecule has 2 unspecified atom stereocenters. The molecular weight excluding hydrogens is 492 g/mol. The van der Waals surface area contributed by atoms with Crippen molar-refractivity contribution < 1.29 is 9.53 Å². The Hall–Kier alpha value is -2.99. The summed E-state index contributed by atoms with van der Waals surface area (Å²) < 4.78 is 5.59. The van der Waals surface area contributed by atoms with Gasteiger partial charge < -0.3 is 9.64 Å². The summed E-state index contributed by atoms with van der Waals surface area (Å²) in [4.78, 5) is 15.3. The fraction of sp³-hybridized carbons (Fsp3) is 0.219. The lowest BCUT2D eigenvalue weighted by Gasteiger charge is -2.28. The van der Waals surface area contributed by atoms with Crippen LogP contribution in [0.2, 0.25) is 0 Å². The second-order valence-corrected chi connectivity index (χ2v) is 14.0. The Kier molecular flexibility index (Phi) is 8.67. The van der Waals surface area contributed by atoms with Crippen molar-refractivity contribution in [2.75, 3.05) is 19.3 Å². The second-order valence-electron chi connectivity index (χ2n) is 9.22. The number of hydrogen-bond acceptors (Lipinski definition) is 2. The largest absolute Gasteiger partial charge is 0.450 e. The average Bonchev–Trinajstić information content (AvgIpc) is 3.37. The molecule has 3 nitrogen and oxygen atoms in total. The number of carbonyl (C=O) groups excluding carboxylic acids is 1. The first-order valence-electron chi connectivity index (χ1n) is 12.9. The Bertz CT molecular complexity index is 1180. The lowest BCUT2D eigenvalue weighted by molar-refractivity contribution is 0.106. The van der Waals surface area contributed by atoms with Gasteiger partial charge in [0.25, 0.3) is 0 Å². The highest BCUT2D eigenvalue weighted by Crippen LogP contribution is 2.48. The summed E-state index contributed by atoms with van der Waals surface area (Å²) in [6.07, 6.45) is 1.74. The molecule has 4 aromatic rings. The Labute approximate surface area is 223 Å². The van der Waals surface area contributed by atoms with Gasteiger partial charge in [0.2, 0.25) is 0 Å². The van der Waals surface area contributed by atoms with E-state index in [0.717, 1.165) is 19.1 Å². The molecule has 1 aliphatic heterocycles. The van der Waals surface area contributed by atoms with Gasteiger partial charge in [0, 0.05) is 18.2 Å². The molecule has 37 heavy (non-hydrogen) atoms. The molecule has 188 valence electrons. The fourth-order valence-corrected chi connectivity index (χ4v) is 10.7. The summed E-state index contributed by atoms with van der Waals surface area (Å²) in [6, 6.07) is 43.4. The van der Waals surface area contributed by atoms with Crippen molar-refractivity contribution in [3.63, 3.8) is 0 Å². The van der Waals surface area contributed by atoms with Crippen molar-refractivity contribution in [1.29, 1.82) is 0 Å². The van der Waals surface area contributed by atoms with Crippen LogP contribution < -0.4 is 21.2 Å². The fourth-order valence-electron chi connectivity index (χ4n) is 5.22. The van der Waals surface area contributed by atoms with Gasteiger partial charge >= 0.3 is 6.09 Å². The van der Waals surface area contributed by atoms with Gasteiger partial charge in [-0.25, -0.2) is 4.79 Å². The van der Waals surface area contributed by atoms with E-state index in [2.05, 4.69) is 121 Å². The molecule has 1 fully saturated rings. The Morgan fingerprint density at radius 2 is 1.16 bits per heavy atom. The molecule has 1 amide bonds. The summed E-state index contributed by atoms with van der Waals surface area (Å²) in [5.41, 5.74) is 0.373. The number of nitrogens with zero attached hydrogens (tertiary/aromatic N) is 1. The number of hydrogen-bond donors (Lipinski definition) is 0. The van der Waals surface area contributed by atoms with Crippen molar-refractivity contribution in [3.05, 3.63) is 121 Å². The number of amides is 1. The first-order chi connectivity index (χ1) is 18.2. The van der Waals surface area contributed by atoms with Crippen LogP contribution in [0, 0.1) is 0 Å². The lowest BCUT2D eigenvalue weighted by Crippen LogP contribution is -2.39. The number of likely N-dealkylation sites (tertiary alicyclic amines) is 1. The van der Waals surface area contributed by atoms with Gasteiger partial charge in [-0.1, -0.05) is 121 Å². The van der Waals surface area contributed by atoms with Gasteiger partial charge in [0.15, 0.2) is 0 Å². The van der Waals surface area contributed by atoms with Crippen molar-refractivity contribution in [2.45, 2.75) is 25.0 Å². The number of ether oxygens (including phenoxy) is 1. The van der Waals surface area contributed by atoms with Gasteiger partial charge in [0.05, 0.1) is 6.61 Å². The van der Waals surface area contributed by atoms with E-state index in [1.807, 2.05) is 11.8 Å². The minimum atomic E-state index is -0.615. The predicted octanol–water partition coefficient (Wildman–Crippen LogP) is 5.85. The predicted molar refractivity (Wildman–Crippen MR) is 159 cm³/mol. The highest BCUT2D eigenvalue weighted by Gasteiger charge is 2.41. The minimum absolute atomic E-state index is 0.132. The van der Waals surface area contributed by atoms with Gasteiger partial charge in [-0.15, -0.1) is 0 Å². The molecule has 0 spiro atoms. The smallest absolute Gasteiger partial charge is 0.410 e. The normalized spacial score (nSPS) is 17.3. The Morgan fingerprint density at radius 3 is 1.59 bits per heavy atom. The van der Waals surface area contributed by atoms with E-state index in [1.165, 1.54) is 21.2 Å². The molecule has 0 saturated carbocycles. The molecule has 1 heterocycles. The van der Waals surface area contributed by atoms with Crippen LogP contribution in [0.15, 0.2) is 121 Å². The molecule has 2 atom stereocenters. The summed E-state index contributed by atoms with van der Waals surface area (Å²) in [5.74, 6) is 0. The van der Waals surface area contributed by atoms with Crippen molar-refractivity contribution in [2.24, 2.45) is 0 Å². The van der Waals surface area contributed by atoms with Crippen LogP contribution in [0.25, 0.3) is 0 Å². The Morgan fingerprint density at radius 1 is 0.730 bits per heavy atom. The zero-order valence-electron chi connectivity index (χ0n) is 21.2. The van der Waals surface area contributed by atoms with E-state index in [9.17, 15) is 4.79 Å². The van der Waals surface area contributed by atoms with Crippen molar-refractivity contribution >= 4 is 43.2 Å². The van der Waals surface area contributed by atoms with Crippen LogP contribution in [0.3, 0.4) is 0 Å². The van der Waals surface area contributed by atoms with Crippen LogP contribution in [0.1, 0.15) is 13.3 Å². The first kappa shape index (κ1) is 25.7. The molecule has 0 aliphatic carbocycles. The van der Waals surface area contributed by atoms with Gasteiger partial charge in [0.1, 0.15) is 0 Å². The molecule has 0 bridgehead atoms. The molecule has 1 aliphatic rings. The summed E-state index contributed by atoms with van der Waals surface area (Å²) in [7, 11) is -1.23. The van der Waals surface area contributed by atoms with E-state index in [4.69, 9.17) is 4.74 Å².